The Morgan fingerprint density at radius 2 is 2.38 bits per heavy atom. The van der Waals surface area contributed by atoms with Crippen molar-refractivity contribution in [1.29, 1.82) is 0 Å². The van der Waals surface area contributed by atoms with Crippen LogP contribution in [0.15, 0.2) is 11.7 Å². The highest BCUT2D eigenvalue weighted by Gasteiger charge is 2.08. The fourth-order valence-corrected chi connectivity index (χ4v) is 2.49. The minimum Gasteiger partial charge on any atom is -0.380 e. The van der Waals surface area contributed by atoms with Gasteiger partial charge in [0.05, 0.1) is 17.0 Å². The average molecular weight is 258 g/mol. The summed E-state index contributed by atoms with van der Waals surface area (Å²) in [5.41, 5.74) is 0. The lowest BCUT2D eigenvalue weighted by atomic mass is 10.4. The van der Waals surface area contributed by atoms with Crippen LogP contribution in [0.25, 0.3) is 10.2 Å². The van der Waals surface area contributed by atoms with Crippen molar-refractivity contribution in [3.05, 3.63) is 16.7 Å². The molecule has 2 aromatic rings. The summed E-state index contributed by atoms with van der Waals surface area (Å²) in [4.78, 5) is 9.24. The second kappa shape index (κ2) is 5.43. The number of anilines is 1. The van der Waals surface area contributed by atoms with Crippen molar-refractivity contribution >= 4 is 39.0 Å². The van der Waals surface area contributed by atoms with Crippen molar-refractivity contribution in [2.24, 2.45) is 0 Å². The number of halogens is 1. The van der Waals surface area contributed by atoms with Crippen LogP contribution < -0.4 is 5.32 Å². The van der Waals surface area contributed by atoms with E-state index in [0.29, 0.717) is 18.2 Å². The number of ether oxygens (including phenoxy) is 1. The molecule has 2 rings (SSSR count). The van der Waals surface area contributed by atoms with Gasteiger partial charge in [0.2, 0.25) is 0 Å². The van der Waals surface area contributed by atoms with Crippen molar-refractivity contribution in [3.8, 4) is 0 Å². The molecule has 2 aromatic heterocycles. The smallest absolute Gasteiger partial charge is 0.139 e. The number of fused-ring (bicyclic) bond motifs is 1. The summed E-state index contributed by atoms with van der Waals surface area (Å²) in [7, 11) is 0. The first-order chi connectivity index (χ1) is 7.83. The zero-order valence-electron chi connectivity index (χ0n) is 8.86. The zero-order chi connectivity index (χ0) is 11.4. The van der Waals surface area contributed by atoms with Gasteiger partial charge in [-0.1, -0.05) is 11.6 Å². The molecule has 6 heteroatoms. The summed E-state index contributed by atoms with van der Waals surface area (Å²) in [6, 6.07) is 0. The summed E-state index contributed by atoms with van der Waals surface area (Å²) in [5.74, 6) is 0.774. The molecular weight excluding hydrogens is 246 g/mol. The molecule has 0 spiro atoms. The van der Waals surface area contributed by atoms with Gasteiger partial charge < -0.3 is 10.1 Å². The van der Waals surface area contributed by atoms with Crippen LogP contribution in [0.5, 0.6) is 0 Å². The topological polar surface area (TPSA) is 47.0 Å². The Hall–Kier alpha value is -0.910. The molecule has 0 atom stereocenters. The van der Waals surface area contributed by atoms with E-state index in [2.05, 4.69) is 15.3 Å². The number of nitrogens with zero attached hydrogens (tertiary/aromatic N) is 2. The first-order valence-electron chi connectivity index (χ1n) is 5.02. The van der Waals surface area contributed by atoms with Crippen LogP contribution in [-0.2, 0) is 4.74 Å². The Kier molecular flexibility index (Phi) is 3.93. The zero-order valence-corrected chi connectivity index (χ0v) is 10.4. The second-order valence-electron chi connectivity index (χ2n) is 3.11. The maximum Gasteiger partial charge on any atom is 0.139 e. The molecule has 0 aliphatic rings. The van der Waals surface area contributed by atoms with E-state index in [9.17, 15) is 0 Å². The van der Waals surface area contributed by atoms with Crippen molar-refractivity contribution in [2.75, 3.05) is 25.1 Å². The lowest BCUT2D eigenvalue weighted by molar-refractivity contribution is 0.158. The molecular formula is C10H12ClN3OS. The van der Waals surface area contributed by atoms with Crippen molar-refractivity contribution in [2.45, 2.75) is 6.92 Å². The molecule has 0 saturated heterocycles. The van der Waals surface area contributed by atoms with Crippen LogP contribution in [0.3, 0.4) is 0 Å². The molecule has 0 aliphatic heterocycles. The van der Waals surface area contributed by atoms with Crippen LogP contribution in [0.1, 0.15) is 6.92 Å². The van der Waals surface area contributed by atoms with Crippen LogP contribution in [-0.4, -0.2) is 29.7 Å². The number of hydrogen-bond acceptors (Lipinski definition) is 5. The van der Waals surface area contributed by atoms with E-state index < -0.39 is 0 Å². The Morgan fingerprint density at radius 1 is 1.50 bits per heavy atom. The third kappa shape index (κ3) is 2.42. The highest BCUT2D eigenvalue weighted by Crippen LogP contribution is 2.32. The molecule has 0 aliphatic carbocycles. The molecule has 2 heterocycles. The van der Waals surface area contributed by atoms with Crippen molar-refractivity contribution in [1.82, 2.24) is 9.97 Å². The molecule has 0 radical (unpaired) electrons. The van der Waals surface area contributed by atoms with E-state index in [1.165, 1.54) is 17.7 Å². The minimum atomic E-state index is 0.657. The van der Waals surface area contributed by atoms with Crippen molar-refractivity contribution < 1.29 is 4.74 Å². The molecule has 0 bridgehead atoms. The van der Waals surface area contributed by atoms with Gasteiger partial charge in [-0.3, -0.25) is 0 Å². The summed E-state index contributed by atoms with van der Waals surface area (Å²) < 4.78 is 5.24. The SMILES string of the molecule is CCOCCNc1ncnc2scc(Cl)c12. The quantitative estimate of drug-likeness (QED) is 0.837. The monoisotopic (exact) mass is 257 g/mol. The lowest BCUT2D eigenvalue weighted by Crippen LogP contribution is -2.10. The van der Waals surface area contributed by atoms with E-state index >= 15 is 0 Å². The number of hydrogen-bond donors (Lipinski definition) is 1. The first kappa shape index (κ1) is 11.6. The maximum atomic E-state index is 6.08. The lowest BCUT2D eigenvalue weighted by Gasteiger charge is -2.06. The average Bonchev–Trinajstić information content (AvgIpc) is 2.68. The summed E-state index contributed by atoms with van der Waals surface area (Å²) in [6.45, 7) is 4.06. The highest BCUT2D eigenvalue weighted by molar-refractivity contribution is 7.17. The normalized spacial score (nSPS) is 10.9. The maximum absolute atomic E-state index is 6.08. The standard InChI is InChI=1S/C10H12ClN3OS/c1-2-15-4-3-12-9-8-7(11)5-16-10(8)14-6-13-9/h5-6H,2-4H2,1H3,(H,12,13,14). The van der Waals surface area contributed by atoms with Crippen LogP contribution in [0, 0.1) is 0 Å². The van der Waals surface area contributed by atoms with Crippen LogP contribution in [0.4, 0.5) is 5.82 Å². The number of thiophene rings is 1. The van der Waals surface area contributed by atoms with Crippen LogP contribution >= 0.6 is 22.9 Å². The van der Waals surface area contributed by atoms with Crippen molar-refractivity contribution in [3.63, 3.8) is 0 Å². The highest BCUT2D eigenvalue weighted by atomic mass is 35.5. The molecule has 0 unspecified atom stereocenters. The third-order valence-corrected chi connectivity index (χ3v) is 3.38. The van der Waals surface area contributed by atoms with E-state index in [1.54, 1.807) is 0 Å². The molecule has 0 amide bonds. The van der Waals surface area contributed by atoms with Gasteiger partial charge in [0.25, 0.3) is 0 Å². The molecule has 0 saturated carbocycles. The Morgan fingerprint density at radius 3 is 3.19 bits per heavy atom. The van der Waals surface area contributed by atoms with Gasteiger partial charge in [-0.25, -0.2) is 9.97 Å². The Bertz CT molecular complexity index is 474. The second-order valence-corrected chi connectivity index (χ2v) is 4.38. The van der Waals surface area contributed by atoms with Gasteiger partial charge in [-0.15, -0.1) is 11.3 Å². The summed E-state index contributed by atoms with van der Waals surface area (Å²) in [6.07, 6.45) is 1.54. The molecule has 16 heavy (non-hydrogen) atoms. The predicted octanol–water partition coefficient (Wildman–Crippen LogP) is 2.79. The van der Waals surface area contributed by atoms with Gasteiger partial charge in [-0.2, -0.15) is 0 Å². The molecule has 0 fully saturated rings. The summed E-state index contributed by atoms with van der Waals surface area (Å²) >= 11 is 7.59. The van der Waals surface area contributed by atoms with Crippen LogP contribution in [0.2, 0.25) is 5.02 Å². The number of aromatic nitrogens is 2. The first-order valence-corrected chi connectivity index (χ1v) is 6.28. The van der Waals surface area contributed by atoms with Gasteiger partial charge >= 0.3 is 0 Å². The largest absolute Gasteiger partial charge is 0.380 e. The van der Waals surface area contributed by atoms with Gasteiger partial charge in [-0.05, 0) is 6.92 Å². The predicted molar refractivity (Wildman–Crippen MR) is 67.4 cm³/mol. The van der Waals surface area contributed by atoms with Gasteiger partial charge in [0.15, 0.2) is 0 Å². The molecule has 86 valence electrons. The van der Waals surface area contributed by atoms with E-state index in [1.807, 2.05) is 12.3 Å². The number of nitrogens with one attached hydrogen (secondary N) is 1. The van der Waals surface area contributed by atoms with Gasteiger partial charge in [0.1, 0.15) is 17.0 Å². The van der Waals surface area contributed by atoms with E-state index in [4.69, 9.17) is 16.3 Å². The minimum absolute atomic E-state index is 0.657. The van der Waals surface area contributed by atoms with E-state index in [0.717, 1.165) is 22.6 Å². The Balaban J connectivity index is 2.13. The third-order valence-electron chi connectivity index (χ3n) is 2.07. The molecule has 0 aromatic carbocycles. The Labute approximate surface area is 103 Å². The molecule has 1 N–H and O–H groups in total. The number of rotatable bonds is 5. The fourth-order valence-electron chi connectivity index (χ4n) is 1.36. The van der Waals surface area contributed by atoms with Gasteiger partial charge in [0, 0.05) is 18.5 Å². The van der Waals surface area contributed by atoms with E-state index in [-0.39, 0.29) is 0 Å². The fraction of sp³-hybridized carbons (Fsp3) is 0.400. The molecule has 4 nitrogen and oxygen atoms in total. The summed E-state index contributed by atoms with van der Waals surface area (Å²) in [5, 5.41) is 6.65.